The van der Waals surface area contributed by atoms with E-state index < -0.39 is 6.09 Å². The molecule has 41 heavy (non-hydrogen) atoms. The number of carbonyl (C=O) groups excluding carboxylic acids is 4. The molecule has 224 valence electrons. The minimum Gasteiger partial charge on any atom is -0.447 e. The SMILES string of the molecule is CC(C)(C)CC(=O)Cl.CC(C)(C)CC(=O)N1C(=O)OC[C@@H]1Cc1ccccc1.O=C1N[C@@H](Cc2ccccc2)CO1. The molecule has 2 saturated heterocycles. The molecule has 8 nitrogen and oxygen atoms in total. The van der Waals surface area contributed by atoms with Crippen molar-refractivity contribution in [3.63, 3.8) is 0 Å². The van der Waals surface area contributed by atoms with Crippen LogP contribution in [-0.4, -0.2) is 53.5 Å². The Hall–Kier alpha value is -3.39. The standard InChI is InChI=1S/C16H21NO3.C10H11NO2.C6H11ClO/c1-16(2,3)10-14(18)17-13(11-20-15(17)19)9-12-7-5-4-6-8-12;12-10-11-9(7-13-10)6-8-4-2-1-3-5-8;1-6(2,3)4-5(7)8/h4-8,13H,9-11H2,1-3H3;1-5,9H,6-7H2,(H,11,12);4H2,1-3H3/t13-;9-;/m00./s1. The van der Waals surface area contributed by atoms with Gasteiger partial charge in [0.15, 0.2) is 0 Å². The van der Waals surface area contributed by atoms with Crippen molar-refractivity contribution in [1.29, 1.82) is 0 Å². The molecule has 0 radical (unpaired) electrons. The zero-order valence-electron chi connectivity index (χ0n) is 24.9. The van der Waals surface area contributed by atoms with Gasteiger partial charge in [-0.3, -0.25) is 9.59 Å². The van der Waals surface area contributed by atoms with Crippen LogP contribution in [0.3, 0.4) is 0 Å². The van der Waals surface area contributed by atoms with Crippen LogP contribution in [0.4, 0.5) is 9.59 Å². The van der Waals surface area contributed by atoms with Crippen molar-refractivity contribution in [2.75, 3.05) is 13.2 Å². The van der Waals surface area contributed by atoms with Crippen LogP contribution in [0.15, 0.2) is 60.7 Å². The summed E-state index contributed by atoms with van der Waals surface area (Å²) in [6.07, 6.45) is 1.46. The van der Waals surface area contributed by atoms with Gasteiger partial charge >= 0.3 is 12.2 Å². The third-order valence-corrected chi connectivity index (χ3v) is 6.09. The number of halogens is 1. The van der Waals surface area contributed by atoms with E-state index in [1.807, 2.05) is 102 Å². The quantitative estimate of drug-likeness (QED) is 0.386. The molecule has 2 aromatic carbocycles. The van der Waals surface area contributed by atoms with Crippen LogP contribution in [0.1, 0.15) is 65.5 Å². The summed E-state index contributed by atoms with van der Waals surface area (Å²) in [5.74, 6) is -0.152. The van der Waals surface area contributed by atoms with Crippen molar-refractivity contribution in [1.82, 2.24) is 10.2 Å². The van der Waals surface area contributed by atoms with Gasteiger partial charge in [0.2, 0.25) is 11.1 Å². The smallest absolute Gasteiger partial charge is 0.416 e. The molecule has 3 amide bonds. The zero-order valence-corrected chi connectivity index (χ0v) is 25.7. The third-order valence-electron chi connectivity index (χ3n) is 5.96. The van der Waals surface area contributed by atoms with E-state index in [9.17, 15) is 19.2 Å². The molecule has 2 atom stereocenters. The molecule has 2 heterocycles. The third kappa shape index (κ3) is 13.7. The number of imide groups is 1. The summed E-state index contributed by atoms with van der Waals surface area (Å²) in [5.41, 5.74) is 2.22. The van der Waals surface area contributed by atoms with Crippen LogP contribution in [0, 0.1) is 10.8 Å². The number of rotatable bonds is 6. The lowest BCUT2D eigenvalue weighted by Gasteiger charge is -2.24. The summed E-state index contributed by atoms with van der Waals surface area (Å²) in [6.45, 7) is 12.7. The average molecular weight is 587 g/mol. The summed E-state index contributed by atoms with van der Waals surface area (Å²) < 4.78 is 9.84. The molecule has 0 unspecified atom stereocenters. The minimum absolute atomic E-state index is 0.0405. The Bertz CT molecular complexity index is 1140. The summed E-state index contributed by atoms with van der Waals surface area (Å²) in [5, 5.41) is 2.49. The Morgan fingerprint density at radius 3 is 1.73 bits per heavy atom. The van der Waals surface area contributed by atoms with Gasteiger partial charge in [0.25, 0.3) is 0 Å². The van der Waals surface area contributed by atoms with Crippen molar-refractivity contribution in [2.24, 2.45) is 10.8 Å². The van der Waals surface area contributed by atoms with Gasteiger partial charge in [0, 0.05) is 12.8 Å². The second-order valence-electron chi connectivity index (χ2n) is 12.6. The van der Waals surface area contributed by atoms with Gasteiger partial charge in [-0.1, -0.05) is 102 Å². The molecule has 2 fully saturated rings. The topological polar surface area (TPSA) is 102 Å². The molecule has 2 aliphatic heterocycles. The highest BCUT2D eigenvalue weighted by atomic mass is 35.5. The van der Waals surface area contributed by atoms with Crippen molar-refractivity contribution in [3.05, 3.63) is 71.8 Å². The second-order valence-corrected chi connectivity index (χ2v) is 13.1. The lowest BCUT2D eigenvalue weighted by atomic mass is 9.91. The number of hydrogen-bond acceptors (Lipinski definition) is 6. The fraction of sp³-hybridized carbons (Fsp3) is 0.500. The largest absolute Gasteiger partial charge is 0.447 e. The van der Waals surface area contributed by atoms with Crippen LogP contribution in [0.25, 0.3) is 0 Å². The number of ether oxygens (including phenoxy) is 2. The van der Waals surface area contributed by atoms with Gasteiger partial charge in [0.1, 0.15) is 13.2 Å². The van der Waals surface area contributed by atoms with Gasteiger partial charge in [-0.25, -0.2) is 14.5 Å². The maximum atomic E-state index is 12.3. The van der Waals surface area contributed by atoms with Crippen LogP contribution >= 0.6 is 11.6 Å². The first-order valence-electron chi connectivity index (χ1n) is 13.8. The van der Waals surface area contributed by atoms with E-state index in [0.29, 0.717) is 25.9 Å². The molecule has 1 N–H and O–H groups in total. The molecule has 4 rings (SSSR count). The molecule has 0 bridgehead atoms. The number of carbonyl (C=O) groups is 4. The Labute approximate surface area is 248 Å². The van der Waals surface area contributed by atoms with Crippen molar-refractivity contribution in [3.8, 4) is 0 Å². The normalized spacial score (nSPS) is 18.2. The maximum Gasteiger partial charge on any atom is 0.416 e. The van der Waals surface area contributed by atoms with Crippen molar-refractivity contribution >= 4 is 34.9 Å². The monoisotopic (exact) mass is 586 g/mol. The Morgan fingerprint density at radius 1 is 0.805 bits per heavy atom. The van der Waals surface area contributed by atoms with Gasteiger partial charge in [-0.2, -0.15) is 0 Å². The van der Waals surface area contributed by atoms with Crippen LogP contribution in [-0.2, 0) is 31.9 Å². The van der Waals surface area contributed by atoms with E-state index in [-0.39, 0.29) is 46.8 Å². The number of nitrogens with zero attached hydrogens (tertiary/aromatic N) is 1. The molecule has 9 heteroatoms. The highest BCUT2D eigenvalue weighted by molar-refractivity contribution is 6.63. The molecular weight excluding hydrogens is 544 g/mol. The first-order valence-corrected chi connectivity index (χ1v) is 14.2. The predicted octanol–water partition coefficient (Wildman–Crippen LogP) is 6.54. The average Bonchev–Trinajstić information content (AvgIpc) is 3.43. The maximum absolute atomic E-state index is 12.3. The predicted molar refractivity (Wildman–Crippen MR) is 160 cm³/mol. The van der Waals surface area contributed by atoms with Crippen molar-refractivity contribution in [2.45, 2.75) is 79.3 Å². The Morgan fingerprint density at radius 2 is 1.32 bits per heavy atom. The van der Waals surface area contributed by atoms with E-state index in [2.05, 4.69) is 5.32 Å². The first kappa shape index (κ1) is 33.8. The summed E-state index contributed by atoms with van der Waals surface area (Å²) in [6, 6.07) is 19.8. The highest BCUT2D eigenvalue weighted by Gasteiger charge is 2.38. The lowest BCUT2D eigenvalue weighted by molar-refractivity contribution is -0.131. The number of cyclic esters (lactones) is 2. The first-order chi connectivity index (χ1) is 19.1. The molecule has 2 aromatic rings. The Balaban J connectivity index is 0.000000240. The number of benzene rings is 2. The molecule has 0 aromatic heterocycles. The fourth-order valence-corrected chi connectivity index (χ4v) is 4.59. The van der Waals surface area contributed by atoms with Gasteiger partial charge in [-0.05, 0) is 46.4 Å². The molecule has 0 aliphatic carbocycles. The minimum atomic E-state index is -0.514. The molecular formula is C32H43ClN2O6. The van der Waals surface area contributed by atoms with Crippen LogP contribution in [0.2, 0.25) is 0 Å². The van der Waals surface area contributed by atoms with Crippen molar-refractivity contribution < 1.29 is 28.7 Å². The zero-order chi connectivity index (χ0) is 30.6. The van der Waals surface area contributed by atoms with E-state index in [0.717, 1.165) is 12.0 Å². The second kappa shape index (κ2) is 15.6. The van der Waals surface area contributed by atoms with E-state index in [4.69, 9.17) is 21.1 Å². The van der Waals surface area contributed by atoms with E-state index in [1.165, 1.54) is 10.5 Å². The number of alkyl carbamates (subject to hydrolysis) is 1. The van der Waals surface area contributed by atoms with Gasteiger partial charge in [0.05, 0.1) is 12.1 Å². The molecule has 0 spiro atoms. The van der Waals surface area contributed by atoms with Gasteiger partial charge < -0.3 is 14.8 Å². The van der Waals surface area contributed by atoms with Gasteiger partial charge in [-0.15, -0.1) is 0 Å². The fourth-order valence-electron chi connectivity index (χ4n) is 4.19. The highest BCUT2D eigenvalue weighted by Crippen LogP contribution is 2.24. The van der Waals surface area contributed by atoms with E-state index in [1.54, 1.807) is 0 Å². The summed E-state index contributed by atoms with van der Waals surface area (Å²) in [7, 11) is 0. The summed E-state index contributed by atoms with van der Waals surface area (Å²) in [4.78, 5) is 46.3. The van der Waals surface area contributed by atoms with Crippen LogP contribution in [0.5, 0.6) is 0 Å². The molecule has 2 aliphatic rings. The Kier molecular flexibility index (Phi) is 12.8. The number of amides is 3. The summed E-state index contributed by atoms with van der Waals surface area (Å²) >= 11 is 5.12. The lowest BCUT2D eigenvalue weighted by Crippen LogP contribution is -2.41. The number of hydrogen-bond donors (Lipinski definition) is 1. The molecule has 0 saturated carbocycles. The van der Waals surface area contributed by atoms with Crippen LogP contribution < -0.4 is 5.32 Å². The van der Waals surface area contributed by atoms with E-state index >= 15 is 0 Å². The number of nitrogens with one attached hydrogen (secondary N) is 1.